The maximum atomic E-state index is 4.66. The van der Waals surface area contributed by atoms with Gasteiger partial charge < -0.3 is 5.32 Å². The third-order valence-corrected chi connectivity index (χ3v) is 3.91. The van der Waals surface area contributed by atoms with Crippen LogP contribution in [0.3, 0.4) is 0 Å². The number of nitrogens with one attached hydrogen (secondary N) is 1. The van der Waals surface area contributed by atoms with Gasteiger partial charge in [-0.1, -0.05) is 13.8 Å². The van der Waals surface area contributed by atoms with Crippen LogP contribution < -0.4 is 5.32 Å². The van der Waals surface area contributed by atoms with Gasteiger partial charge in [-0.15, -0.1) is 0 Å². The zero-order chi connectivity index (χ0) is 13.3. The number of aryl methyl sites for hydroxylation is 2. The van der Waals surface area contributed by atoms with Crippen LogP contribution in [-0.4, -0.2) is 17.0 Å². The lowest BCUT2D eigenvalue weighted by molar-refractivity contribution is 0.833. The molecular weight excluding hydrogens is 242 g/mol. The summed E-state index contributed by atoms with van der Waals surface area (Å²) in [6, 6.07) is 0. The van der Waals surface area contributed by atoms with Gasteiger partial charge in [-0.25, -0.2) is 9.97 Å². The second-order valence-electron chi connectivity index (χ2n) is 4.77. The molecule has 2 aromatic heterocycles. The lowest BCUT2D eigenvalue weighted by atomic mass is 10.0. The van der Waals surface area contributed by atoms with E-state index in [-0.39, 0.29) is 0 Å². The highest BCUT2D eigenvalue weighted by Crippen LogP contribution is 2.30. The first-order valence-corrected chi connectivity index (χ1v) is 7.08. The Morgan fingerprint density at radius 2 is 1.89 bits per heavy atom. The van der Waals surface area contributed by atoms with Gasteiger partial charge in [-0.05, 0) is 30.7 Å². The molecule has 0 bridgehead atoms. The Kier molecular flexibility index (Phi) is 3.66. The first-order chi connectivity index (χ1) is 8.54. The van der Waals surface area contributed by atoms with Gasteiger partial charge in [0, 0.05) is 29.2 Å². The highest BCUT2D eigenvalue weighted by Gasteiger charge is 2.15. The molecule has 0 atom stereocenters. The van der Waals surface area contributed by atoms with Gasteiger partial charge in [0.25, 0.3) is 0 Å². The van der Waals surface area contributed by atoms with Gasteiger partial charge in [0.1, 0.15) is 5.82 Å². The van der Waals surface area contributed by atoms with Crippen molar-refractivity contribution in [1.29, 1.82) is 0 Å². The molecule has 18 heavy (non-hydrogen) atoms. The number of aromatic nitrogens is 2. The summed E-state index contributed by atoms with van der Waals surface area (Å²) in [5.41, 5.74) is 4.63. The smallest absolute Gasteiger partial charge is 0.162 e. The van der Waals surface area contributed by atoms with Gasteiger partial charge in [0.2, 0.25) is 0 Å². The maximum Gasteiger partial charge on any atom is 0.162 e. The first kappa shape index (κ1) is 13.0. The molecule has 4 heteroatoms. The van der Waals surface area contributed by atoms with Gasteiger partial charge in [0.05, 0.1) is 0 Å². The summed E-state index contributed by atoms with van der Waals surface area (Å²) in [4.78, 5) is 9.32. The van der Waals surface area contributed by atoms with Crippen molar-refractivity contribution in [3.63, 3.8) is 0 Å². The number of nitrogens with zero attached hydrogens (tertiary/aromatic N) is 2. The van der Waals surface area contributed by atoms with Gasteiger partial charge >= 0.3 is 0 Å². The molecule has 2 heterocycles. The Bertz CT molecular complexity index is 558. The van der Waals surface area contributed by atoms with Crippen LogP contribution in [0.5, 0.6) is 0 Å². The molecule has 3 nitrogen and oxygen atoms in total. The molecule has 96 valence electrons. The van der Waals surface area contributed by atoms with E-state index in [4.69, 9.17) is 0 Å². The van der Waals surface area contributed by atoms with E-state index < -0.39 is 0 Å². The second-order valence-corrected chi connectivity index (χ2v) is 5.51. The van der Waals surface area contributed by atoms with Crippen LogP contribution in [-0.2, 0) is 0 Å². The van der Waals surface area contributed by atoms with Crippen molar-refractivity contribution in [2.24, 2.45) is 0 Å². The topological polar surface area (TPSA) is 37.8 Å². The van der Waals surface area contributed by atoms with Gasteiger partial charge in [0.15, 0.2) is 5.82 Å². The van der Waals surface area contributed by atoms with E-state index >= 15 is 0 Å². The van der Waals surface area contributed by atoms with E-state index in [0.717, 1.165) is 22.9 Å². The molecule has 0 aliphatic carbocycles. The van der Waals surface area contributed by atoms with E-state index in [0.29, 0.717) is 5.92 Å². The van der Waals surface area contributed by atoms with E-state index in [2.05, 4.69) is 53.7 Å². The van der Waals surface area contributed by atoms with Gasteiger partial charge in [-0.3, -0.25) is 0 Å². The van der Waals surface area contributed by atoms with Crippen molar-refractivity contribution in [2.75, 3.05) is 12.4 Å². The number of anilines is 1. The molecule has 0 unspecified atom stereocenters. The molecule has 0 aromatic carbocycles. The zero-order valence-electron chi connectivity index (χ0n) is 11.5. The maximum absolute atomic E-state index is 4.66. The van der Waals surface area contributed by atoms with Crippen molar-refractivity contribution in [1.82, 2.24) is 9.97 Å². The summed E-state index contributed by atoms with van der Waals surface area (Å²) in [6.07, 6.45) is 0. The third kappa shape index (κ3) is 2.25. The summed E-state index contributed by atoms with van der Waals surface area (Å²) in [6.45, 7) is 8.49. The van der Waals surface area contributed by atoms with Crippen molar-refractivity contribution in [3.05, 3.63) is 27.6 Å². The summed E-state index contributed by atoms with van der Waals surface area (Å²) >= 11 is 1.69. The molecule has 0 aliphatic rings. The highest BCUT2D eigenvalue weighted by atomic mass is 32.1. The summed E-state index contributed by atoms with van der Waals surface area (Å²) < 4.78 is 0. The summed E-state index contributed by atoms with van der Waals surface area (Å²) in [5.74, 6) is 2.18. The van der Waals surface area contributed by atoms with Crippen molar-refractivity contribution >= 4 is 17.2 Å². The Morgan fingerprint density at radius 3 is 2.39 bits per heavy atom. The lowest BCUT2D eigenvalue weighted by Crippen LogP contribution is -2.07. The number of hydrogen-bond acceptors (Lipinski definition) is 4. The minimum atomic E-state index is 0.421. The average Bonchev–Trinajstić information content (AvgIpc) is 2.73. The predicted octanol–water partition coefficient (Wildman–Crippen LogP) is 3.99. The molecule has 0 saturated heterocycles. The molecule has 0 spiro atoms. The minimum Gasteiger partial charge on any atom is -0.373 e. The van der Waals surface area contributed by atoms with E-state index in [9.17, 15) is 0 Å². The van der Waals surface area contributed by atoms with Crippen LogP contribution in [0.15, 0.2) is 10.8 Å². The van der Waals surface area contributed by atoms with E-state index in [1.54, 1.807) is 11.3 Å². The molecule has 0 amide bonds. The molecule has 1 N–H and O–H groups in total. The molecule has 2 aromatic rings. The fourth-order valence-corrected chi connectivity index (χ4v) is 3.00. The van der Waals surface area contributed by atoms with Crippen molar-refractivity contribution < 1.29 is 0 Å². The molecular formula is C14H19N3S. The van der Waals surface area contributed by atoms with Crippen molar-refractivity contribution in [3.8, 4) is 11.4 Å². The summed E-state index contributed by atoms with van der Waals surface area (Å²) in [7, 11) is 1.91. The Hall–Kier alpha value is -1.42. The Labute approximate surface area is 112 Å². The van der Waals surface area contributed by atoms with Crippen LogP contribution in [0, 0.1) is 13.8 Å². The molecule has 0 radical (unpaired) electrons. The number of rotatable bonds is 3. The Morgan fingerprint density at radius 1 is 1.17 bits per heavy atom. The quantitative estimate of drug-likeness (QED) is 0.908. The normalized spacial score (nSPS) is 11.0. The standard InChI is InChI=1S/C14H19N3S/c1-8(2)12-10(4)16-13(17-14(12)15-5)11-7-18-6-9(11)3/h6-8H,1-5H3,(H,15,16,17). The third-order valence-electron chi connectivity index (χ3n) is 3.05. The zero-order valence-corrected chi connectivity index (χ0v) is 12.4. The minimum absolute atomic E-state index is 0.421. The monoisotopic (exact) mass is 261 g/mol. The van der Waals surface area contributed by atoms with Crippen LogP contribution in [0.4, 0.5) is 5.82 Å². The lowest BCUT2D eigenvalue weighted by Gasteiger charge is -2.15. The number of thiophene rings is 1. The first-order valence-electron chi connectivity index (χ1n) is 6.14. The van der Waals surface area contributed by atoms with E-state index in [1.807, 2.05) is 7.05 Å². The molecule has 2 rings (SSSR count). The van der Waals surface area contributed by atoms with Crippen LogP contribution in [0.1, 0.15) is 36.6 Å². The van der Waals surface area contributed by atoms with Crippen LogP contribution in [0.25, 0.3) is 11.4 Å². The molecule has 0 fully saturated rings. The number of hydrogen-bond donors (Lipinski definition) is 1. The fourth-order valence-electron chi connectivity index (χ4n) is 2.17. The second kappa shape index (κ2) is 5.06. The average molecular weight is 261 g/mol. The van der Waals surface area contributed by atoms with Crippen molar-refractivity contribution in [2.45, 2.75) is 33.6 Å². The van der Waals surface area contributed by atoms with Crippen LogP contribution in [0.2, 0.25) is 0 Å². The fraction of sp³-hybridized carbons (Fsp3) is 0.429. The SMILES string of the molecule is CNc1nc(-c2cscc2C)nc(C)c1C(C)C. The molecule has 0 aliphatic heterocycles. The highest BCUT2D eigenvalue weighted by molar-refractivity contribution is 7.08. The van der Waals surface area contributed by atoms with Gasteiger partial charge in [-0.2, -0.15) is 11.3 Å². The Balaban J connectivity index is 2.60. The van der Waals surface area contributed by atoms with Crippen LogP contribution >= 0.6 is 11.3 Å². The molecule has 0 saturated carbocycles. The summed E-state index contributed by atoms with van der Waals surface area (Å²) in [5, 5.41) is 7.43. The largest absolute Gasteiger partial charge is 0.373 e. The van der Waals surface area contributed by atoms with E-state index in [1.165, 1.54) is 11.1 Å². The predicted molar refractivity (Wildman–Crippen MR) is 78.5 cm³/mol.